The third kappa shape index (κ3) is 7.34. The molecule has 3 aromatic carbocycles. The molecule has 0 aliphatic heterocycles. The Balaban J connectivity index is 1.44. The van der Waals surface area contributed by atoms with Crippen molar-refractivity contribution in [1.82, 2.24) is 5.43 Å². The molecule has 0 atom stereocenters. The predicted octanol–water partition coefficient (Wildman–Crippen LogP) is 4.46. The summed E-state index contributed by atoms with van der Waals surface area (Å²) in [6, 6.07) is 19.7. The number of nitrogens with zero attached hydrogens (tertiary/aromatic N) is 1. The largest absolute Gasteiger partial charge is 0.497 e. The lowest BCUT2D eigenvalue weighted by atomic mass is 10.1. The highest BCUT2D eigenvalue weighted by atomic mass is 16.5. The highest BCUT2D eigenvalue weighted by Crippen LogP contribution is 2.20. The lowest BCUT2D eigenvalue weighted by Crippen LogP contribution is -2.24. The standard InChI is InChI=1S/C27H26N2O5/c1-19-5-4-6-25(20(19)2)33-18-26(30)29-28-17-22-9-14-24(15-10-22)34-27(31)16-11-21-7-12-23(32-3)13-8-21/h4-17H,18H2,1-3H3,(H,29,30)/b16-11+,28-17+. The molecule has 0 radical (unpaired) electrons. The molecule has 7 heteroatoms. The van der Waals surface area contributed by atoms with Gasteiger partial charge in [0.2, 0.25) is 0 Å². The van der Waals surface area contributed by atoms with Crippen LogP contribution in [0.1, 0.15) is 22.3 Å². The molecule has 174 valence electrons. The Morgan fingerprint density at radius 2 is 1.59 bits per heavy atom. The summed E-state index contributed by atoms with van der Waals surface area (Å²) in [5.41, 5.74) is 6.10. The van der Waals surface area contributed by atoms with Gasteiger partial charge in [0.15, 0.2) is 6.61 Å². The molecule has 1 N–H and O–H groups in total. The van der Waals surface area contributed by atoms with Crippen molar-refractivity contribution in [2.24, 2.45) is 5.10 Å². The van der Waals surface area contributed by atoms with Gasteiger partial charge in [-0.1, -0.05) is 24.3 Å². The molecule has 0 fully saturated rings. The number of amides is 1. The number of hydrogen-bond donors (Lipinski definition) is 1. The molecule has 0 aliphatic rings. The molecule has 0 saturated heterocycles. The molecule has 3 aromatic rings. The number of nitrogens with one attached hydrogen (secondary N) is 1. The van der Waals surface area contributed by atoms with Crippen LogP contribution >= 0.6 is 0 Å². The Bertz CT molecular complexity index is 1180. The van der Waals surface area contributed by atoms with Crippen LogP contribution in [0, 0.1) is 13.8 Å². The summed E-state index contributed by atoms with van der Waals surface area (Å²) >= 11 is 0. The van der Waals surface area contributed by atoms with Gasteiger partial charge in [-0.05, 0) is 84.6 Å². The second-order valence-electron chi connectivity index (χ2n) is 7.38. The van der Waals surface area contributed by atoms with Crippen LogP contribution in [0.2, 0.25) is 0 Å². The number of carbonyl (C=O) groups is 2. The molecule has 0 aromatic heterocycles. The number of benzene rings is 3. The van der Waals surface area contributed by atoms with E-state index in [0.29, 0.717) is 11.5 Å². The number of hydrogen-bond acceptors (Lipinski definition) is 6. The van der Waals surface area contributed by atoms with Crippen LogP contribution in [0.3, 0.4) is 0 Å². The fraction of sp³-hybridized carbons (Fsp3) is 0.148. The Hall–Kier alpha value is -4.39. The molecule has 3 rings (SSSR count). The SMILES string of the molecule is COc1ccc(/C=C/C(=O)Oc2ccc(/C=N/NC(=O)COc3cccc(C)c3C)cc2)cc1. The van der Waals surface area contributed by atoms with E-state index in [2.05, 4.69) is 10.5 Å². The second-order valence-corrected chi connectivity index (χ2v) is 7.38. The maximum absolute atomic E-state index is 12.0. The lowest BCUT2D eigenvalue weighted by Gasteiger charge is -2.09. The van der Waals surface area contributed by atoms with Crippen molar-refractivity contribution in [2.45, 2.75) is 13.8 Å². The summed E-state index contributed by atoms with van der Waals surface area (Å²) in [4.78, 5) is 24.0. The molecule has 0 spiro atoms. The topological polar surface area (TPSA) is 86.2 Å². The highest BCUT2D eigenvalue weighted by Gasteiger charge is 2.05. The van der Waals surface area contributed by atoms with Gasteiger partial charge in [0, 0.05) is 6.08 Å². The van der Waals surface area contributed by atoms with Crippen molar-refractivity contribution >= 4 is 24.2 Å². The Morgan fingerprint density at radius 1 is 0.912 bits per heavy atom. The van der Waals surface area contributed by atoms with Crippen molar-refractivity contribution in [2.75, 3.05) is 13.7 Å². The van der Waals surface area contributed by atoms with Gasteiger partial charge in [-0.15, -0.1) is 0 Å². The minimum atomic E-state index is -0.492. The number of esters is 1. The first-order valence-electron chi connectivity index (χ1n) is 10.6. The van der Waals surface area contributed by atoms with E-state index in [-0.39, 0.29) is 12.5 Å². The summed E-state index contributed by atoms with van der Waals surface area (Å²) in [6.07, 6.45) is 4.51. The van der Waals surface area contributed by atoms with Crippen LogP contribution in [0.25, 0.3) is 6.08 Å². The maximum Gasteiger partial charge on any atom is 0.336 e. The predicted molar refractivity (Wildman–Crippen MR) is 131 cm³/mol. The average molecular weight is 459 g/mol. The number of methoxy groups -OCH3 is 1. The van der Waals surface area contributed by atoms with Crippen molar-refractivity contribution < 1.29 is 23.8 Å². The molecule has 7 nitrogen and oxygen atoms in total. The number of ether oxygens (including phenoxy) is 3. The van der Waals surface area contributed by atoms with E-state index in [9.17, 15) is 9.59 Å². The molecule has 0 heterocycles. The van der Waals surface area contributed by atoms with Crippen molar-refractivity contribution in [3.8, 4) is 17.2 Å². The summed E-state index contributed by atoms with van der Waals surface area (Å²) < 4.78 is 15.9. The Labute approximate surface area is 198 Å². The number of rotatable bonds is 9. The lowest BCUT2D eigenvalue weighted by molar-refractivity contribution is -0.129. The number of hydrazone groups is 1. The first-order chi connectivity index (χ1) is 16.4. The molecule has 1 amide bonds. The highest BCUT2D eigenvalue weighted by molar-refractivity contribution is 5.89. The van der Waals surface area contributed by atoms with E-state index in [1.54, 1.807) is 37.5 Å². The number of aryl methyl sites for hydroxylation is 1. The normalized spacial score (nSPS) is 10.9. The van der Waals surface area contributed by atoms with Crippen molar-refractivity contribution in [3.63, 3.8) is 0 Å². The van der Waals surface area contributed by atoms with Gasteiger partial charge in [0.25, 0.3) is 5.91 Å². The zero-order valence-electron chi connectivity index (χ0n) is 19.3. The zero-order chi connectivity index (χ0) is 24.3. The molecule has 0 saturated carbocycles. The van der Waals surface area contributed by atoms with E-state index >= 15 is 0 Å². The van der Waals surface area contributed by atoms with E-state index in [4.69, 9.17) is 14.2 Å². The van der Waals surface area contributed by atoms with Crippen molar-refractivity contribution in [3.05, 3.63) is 95.1 Å². The zero-order valence-corrected chi connectivity index (χ0v) is 19.3. The van der Waals surface area contributed by atoms with E-state index in [1.807, 2.05) is 56.3 Å². The van der Waals surface area contributed by atoms with E-state index in [1.165, 1.54) is 12.3 Å². The van der Waals surface area contributed by atoms with Crippen molar-refractivity contribution in [1.29, 1.82) is 0 Å². The van der Waals surface area contributed by atoms with Gasteiger partial charge >= 0.3 is 5.97 Å². The molecule has 0 aliphatic carbocycles. The molecule has 34 heavy (non-hydrogen) atoms. The average Bonchev–Trinajstić information content (AvgIpc) is 2.85. The number of carbonyl (C=O) groups excluding carboxylic acids is 2. The minimum Gasteiger partial charge on any atom is -0.497 e. The first kappa shape index (κ1) is 24.3. The molecular formula is C27H26N2O5. The minimum absolute atomic E-state index is 0.138. The summed E-state index contributed by atoms with van der Waals surface area (Å²) in [7, 11) is 1.60. The van der Waals surface area contributed by atoms with Gasteiger partial charge in [-0.25, -0.2) is 10.2 Å². The molecule has 0 unspecified atom stereocenters. The van der Waals surface area contributed by atoms with Crippen LogP contribution < -0.4 is 19.6 Å². The fourth-order valence-electron chi connectivity index (χ4n) is 2.89. The van der Waals surface area contributed by atoms with E-state index < -0.39 is 5.97 Å². The molecular weight excluding hydrogens is 432 g/mol. The maximum atomic E-state index is 12.0. The smallest absolute Gasteiger partial charge is 0.336 e. The van der Waals surface area contributed by atoms with Crippen LogP contribution in [0.15, 0.2) is 77.9 Å². The first-order valence-corrected chi connectivity index (χ1v) is 10.6. The monoisotopic (exact) mass is 458 g/mol. The quantitative estimate of drug-likeness (QED) is 0.168. The van der Waals surface area contributed by atoms with Gasteiger partial charge in [-0.2, -0.15) is 5.10 Å². The Morgan fingerprint density at radius 3 is 2.29 bits per heavy atom. The summed E-state index contributed by atoms with van der Waals surface area (Å²) in [6.45, 7) is 3.79. The fourth-order valence-corrected chi connectivity index (χ4v) is 2.89. The third-order valence-corrected chi connectivity index (χ3v) is 4.94. The van der Waals surface area contributed by atoms with Crippen LogP contribution in [-0.2, 0) is 9.59 Å². The molecule has 0 bridgehead atoms. The second kappa shape index (κ2) is 12.0. The van der Waals surface area contributed by atoms with Gasteiger partial charge in [0.1, 0.15) is 17.2 Å². The van der Waals surface area contributed by atoms with Gasteiger partial charge in [0.05, 0.1) is 13.3 Å². The third-order valence-electron chi connectivity index (χ3n) is 4.94. The van der Waals surface area contributed by atoms with E-state index in [0.717, 1.165) is 28.0 Å². The Kier molecular flexibility index (Phi) is 8.57. The van der Waals surface area contributed by atoms with Gasteiger partial charge < -0.3 is 14.2 Å². The summed E-state index contributed by atoms with van der Waals surface area (Å²) in [5.74, 6) is 0.948. The van der Waals surface area contributed by atoms with Crippen LogP contribution in [0.5, 0.6) is 17.2 Å². The van der Waals surface area contributed by atoms with Crippen LogP contribution in [0.4, 0.5) is 0 Å². The van der Waals surface area contributed by atoms with Crippen LogP contribution in [-0.4, -0.2) is 31.8 Å². The van der Waals surface area contributed by atoms with Gasteiger partial charge in [-0.3, -0.25) is 4.79 Å². The summed E-state index contributed by atoms with van der Waals surface area (Å²) in [5, 5.41) is 3.93.